The number of phenolic OH excluding ortho intramolecular Hbond substituents is 1. The summed E-state index contributed by atoms with van der Waals surface area (Å²) in [6.07, 6.45) is -0.297. The fourth-order valence-electron chi connectivity index (χ4n) is 2.67. The van der Waals surface area contributed by atoms with E-state index in [9.17, 15) is 14.7 Å². The van der Waals surface area contributed by atoms with E-state index >= 15 is 0 Å². The molecule has 2 aromatic carbocycles. The lowest BCUT2D eigenvalue weighted by Gasteiger charge is -2.24. The van der Waals surface area contributed by atoms with E-state index in [2.05, 4.69) is 10.6 Å². The second-order valence-electron chi connectivity index (χ2n) is 7.71. The zero-order chi connectivity index (χ0) is 20.7. The molecule has 0 aliphatic rings. The Morgan fingerprint density at radius 2 is 1.61 bits per heavy atom. The first-order chi connectivity index (χ1) is 13.1. The summed E-state index contributed by atoms with van der Waals surface area (Å²) >= 11 is 0. The molecule has 0 saturated heterocycles. The van der Waals surface area contributed by atoms with Crippen molar-refractivity contribution in [2.45, 2.75) is 51.8 Å². The summed E-state index contributed by atoms with van der Waals surface area (Å²) in [4.78, 5) is 25.1. The summed E-state index contributed by atoms with van der Waals surface area (Å²) in [5.74, 6) is -0.147. The van der Waals surface area contributed by atoms with Gasteiger partial charge >= 0.3 is 6.09 Å². The first-order valence-electron chi connectivity index (χ1n) is 9.27. The average Bonchev–Trinajstić information content (AvgIpc) is 2.61. The third kappa shape index (κ3) is 6.95. The number of carbonyl (C=O) groups is 2. The Morgan fingerprint density at radius 1 is 1.00 bits per heavy atom. The van der Waals surface area contributed by atoms with Crippen LogP contribution in [0.3, 0.4) is 0 Å². The van der Waals surface area contributed by atoms with E-state index in [1.165, 1.54) is 0 Å². The Balaban J connectivity index is 2.10. The third-order valence-corrected chi connectivity index (χ3v) is 4.04. The molecule has 0 heterocycles. The van der Waals surface area contributed by atoms with Crippen molar-refractivity contribution in [3.05, 3.63) is 65.7 Å². The molecule has 3 N–H and O–H groups in total. The van der Waals surface area contributed by atoms with Crippen molar-refractivity contribution < 1.29 is 19.4 Å². The third-order valence-electron chi connectivity index (χ3n) is 4.04. The maximum absolute atomic E-state index is 12.9. The van der Waals surface area contributed by atoms with Crippen LogP contribution in [-0.2, 0) is 16.0 Å². The zero-order valence-corrected chi connectivity index (χ0v) is 16.7. The van der Waals surface area contributed by atoms with E-state index in [1.54, 1.807) is 45.0 Å². The molecule has 0 bridgehead atoms. The van der Waals surface area contributed by atoms with E-state index in [1.807, 2.05) is 37.3 Å². The average molecular weight is 384 g/mol. The molecule has 0 aliphatic carbocycles. The molecule has 28 heavy (non-hydrogen) atoms. The second kappa shape index (κ2) is 9.26. The monoisotopic (exact) mass is 384 g/mol. The van der Waals surface area contributed by atoms with Gasteiger partial charge in [-0.3, -0.25) is 4.79 Å². The molecule has 0 aromatic heterocycles. The molecule has 0 unspecified atom stereocenters. The Labute approximate surface area is 165 Å². The van der Waals surface area contributed by atoms with Crippen LogP contribution in [0.5, 0.6) is 5.75 Å². The van der Waals surface area contributed by atoms with Gasteiger partial charge in [0.05, 0.1) is 6.04 Å². The molecule has 0 spiro atoms. The van der Waals surface area contributed by atoms with Gasteiger partial charge in [-0.25, -0.2) is 4.79 Å². The Morgan fingerprint density at radius 3 is 2.18 bits per heavy atom. The number of alkyl carbamates (subject to hydrolysis) is 1. The molecule has 0 fully saturated rings. The zero-order valence-electron chi connectivity index (χ0n) is 16.7. The largest absolute Gasteiger partial charge is 0.508 e. The number of aromatic hydroxyl groups is 1. The minimum atomic E-state index is -0.781. The molecule has 2 atom stereocenters. The molecule has 6 heteroatoms. The number of phenols is 1. The predicted octanol–water partition coefficient (Wildman–Crippen LogP) is 3.71. The van der Waals surface area contributed by atoms with E-state index < -0.39 is 17.7 Å². The van der Waals surface area contributed by atoms with Crippen LogP contribution < -0.4 is 10.6 Å². The van der Waals surface area contributed by atoms with Crippen LogP contribution in [0.1, 0.15) is 44.9 Å². The van der Waals surface area contributed by atoms with E-state index in [4.69, 9.17) is 4.74 Å². The molecule has 2 amide bonds. The fourth-order valence-corrected chi connectivity index (χ4v) is 2.67. The number of nitrogens with one attached hydrogen (secondary N) is 2. The SMILES string of the molecule is C[C@H](NC(=O)[C@H](Cc1ccccc1)NC(=O)OC(C)(C)C)c1ccc(O)cc1. The maximum atomic E-state index is 12.9. The Hall–Kier alpha value is -3.02. The summed E-state index contributed by atoms with van der Waals surface area (Å²) in [7, 11) is 0. The number of amides is 2. The molecule has 6 nitrogen and oxygen atoms in total. The van der Waals surface area contributed by atoms with Crippen molar-refractivity contribution in [1.82, 2.24) is 10.6 Å². The summed E-state index contributed by atoms with van der Waals surface area (Å²) in [5, 5.41) is 15.0. The topological polar surface area (TPSA) is 87.7 Å². The first-order valence-corrected chi connectivity index (χ1v) is 9.27. The van der Waals surface area contributed by atoms with Crippen molar-refractivity contribution in [1.29, 1.82) is 0 Å². The summed E-state index contributed by atoms with van der Waals surface area (Å²) < 4.78 is 5.30. The van der Waals surface area contributed by atoms with Crippen molar-refractivity contribution in [3.63, 3.8) is 0 Å². The van der Waals surface area contributed by atoms with Gasteiger partial charge < -0.3 is 20.5 Å². The van der Waals surface area contributed by atoms with Crippen molar-refractivity contribution in [2.24, 2.45) is 0 Å². The van der Waals surface area contributed by atoms with Gasteiger partial charge in [-0.05, 0) is 51.0 Å². The molecule has 2 rings (SSSR count). The highest BCUT2D eigenvalue weighted by Gasteiger charge is 2.25. The van der Waals surface area contributed by atoms with Gasteiger partial charge in [0, 0.05) is 6.42 Å². The van der Waals surface area contributed by atoms with Gasteiger partial charge in [-0.2, -0.15) is 0 Å². The highest BCUT2D eigenvalue weighted by molar-refractivity contribution is 5.86. The minimum Gasteiger partial charge on any atom is -0.508 e. The highest BCUT2D eigenvalue weighted by Crippen LogP contribution is 2.17. The van der Waals surface area contributed by atoms with Gasteiger partial charge in [0.25, 0.3) is 0 Å². The van der Waals surface area contributed by atoms with E-state index in [0.29, 0.717) is 6.42 Å². The van der Waals surface area contributed by atoms with Gasteiger partial charge in [0.1, 0.15) is 17.4 Å². The molecular formula is C22H28N2O4. The van der Waals surface area contributed by atoms with Gasteiger partial charge in [0.15, 0.2) is 0 Å². The number of ether oxygens (including phenoxy) is 1. The van der Waals surface area contributed by atoms with Crippen LogP contribution in [-0.4, -0.2) is 28.7 Å². The first kappa shape index (κ1) is 21.3. The number of rotatable bonds is 6. The molecule has 2 aromatic rings. The lowest BCUT2D eigenvalue weighted by molar-refractivity contribution is -0.123. The van der Waals surface area contributed by atoms with Crippen LogP contribution >= 0.6 is 0 Å². The number of hydrogen-bond acceptors (Lipinski definition) is 4. The fraction of sp³-hybridized carbons (Fsp3) is 0.364. The van der Waals surface area contributed by atoms with E-state index in [-0.39, 0.29) is 17.7 Å². The summed E-state index contributed by atoms with van der Waals surface area (Å²) in [6.45, 7) is 7.15. The summed E-state index contributed by atoms with van der Waals surface area (Å²) in [5.41, 5.74) is 1.12. The lowest BCUT2D eigenvalue weighted by atomic mass is 10.0. The van der Waals surface area contributed by atoms with Crippen LogP contribution in [0.15, 0.2) is 54.6 Å². The number of hydrogen-bond donors (Lipinski definition) is 3. The van der Waals surface area contributed by atoms with Gasteiger partial charge in [-0.15, -0.1) is 0 Å². The maximum Gasteiger partial charge on any atom is 0.408 e. The number of carbonyl (C=O) groups excluding carboxylic acids is 2. The van der Waals surface area contributed by atoms with Crippen molar-refractivity contribution in [3.8, 4) is 5.75 Å². The van der Waals surface area contributed by atoms with Crippen LogP contribution in [0.4, 0.5) is 4.79 Å². The standard InChI is InChI=1S/C22H28N2O4/c1-15(17-10-12-18(25)13-11-17)23-20(26)19(14-16-8-6-5-7-9-16)24-21(27)28-22(2,3)4/h5-13,15,19,25H,14H2,1-4H3,(H,23,26)(H,24,27)/t15-,19-/m0/s1. The minimum absolute atomic E-state index is 0.163. The smallest absolute Gasteiger partial charge is 0.408 e. The van der Waals surface area contributed by atoms with Gasteiger partial charge in [-0.1, -0.05) is 42.5 Å². The normalized spacial score (nSPS) is 13.3. The highest BCUT2D eigenvalue weighted by atomic mass is 16.6. The molecule has 150 valence electrons. The Kier molecular flexibility index (Phi) is 7.04. The van der Waals surface area contributed by atoms with Crippen molar-refractivity contribution >= 4 is 12.0 Å². The van der Waals surface area contributed by atoms with E-state index in [0.717, 1.165) is 11.1 Å². The summed E-state index contributed by atoms with van der Waals surface area (Å²) in [6, 6.07) is 15.0. The molecule has 0 saturated carbocycles. The molecule has 0 aliphatic heterocycles. The quantitative estimate of drug-likeness (QED) is 0.709. The van der Waals surface area contributed by atoms with Gasteiger partial charge in [0.2, 0.25) is 5.91 Å². The molecular weight excluding hydrogens is 356 g/mol. The van der Waals surface area contributed by atoms with Crippen LogP contribution in [0.2, 0.25) is 0 Å². The van der Waals surface area contributed by atoms with Crippen molar-refractivity contribution in [2.75, 3.05) is 0 Å². The molecule has 0 radical (unpaired) electrons. The Bertz CT molecular complexity index is 782. The van der Waals surface area contributed by atoms with Crippen LogP contribution in [0, 0.1) is 0 Å². The second-order valence-corrected chi connectivity index (χ2v) is 7.71. The lowest BCUT2D eigenvalue weighted by Crippen LogP contribution is -2.49. The van der Waals surface area contributed by atoms with Crippen LogP contribution in [0.25, 0.3) is 0 Å². The predicted molar refractivity (Wildman–Crippen MR) is 108 cm³/mol. The number of benzene rings is 2.